The quantitative estimate of drug-likeness (QED) is 0.779. The fraction of sp³-hybridized carbons (Fsp3) is 0.333. The normalized spacial score (nSPS) is 13.6. The van der Waals surface area contributed by atoms with Crippen LogP contribution in [0.2, 0.25) is 0 Å². The Hall–Kier alpha value is -1.90. The van der Waals surface area contributed by atoms with Crippen LogP contribution in [0.1, 0.15) is 31.7 Å². The van der Waals surface area contributed by atoms with Crippen molar-refractivity contribution >= 4 is 25.7 Å². The van der Waals surface area contributed by atoms with Gasteiger partial charge in [0.15, 0.2) is 0 Å². The summed E-state index contributed by atoms with van der Waals surface area (Å²) in [7, 11) is -4.41. The third kappa shape index (κ3) is 4.44. The molecule has 0 aromatic heterocycles. The van der Waals surface area contributed by atoms with E-state index in [1.165, 1.54) is 38.4 Å². The van der Waals surface area contributed by atoms with Gasteiger partial charge >= 0.3 is 0 Å². The molecule has 0 spiro atoms. The topological polar surface area (TPSA) is 83.5 Å². The maximum absolute atomic E-state index is 12.5. The molecular weight excluding hydrogens is 372 g/mol. The molecule has 2 rings (SSSR count). The summed E-state index contributed by atoms with van der Waals surface area (Å²) >= 11 is 0. The highest BCUT2D eigenvalue weighted by molar-refractivity contribution is 7.92. The van der Waals surface area contributed by atoms with Crippen molar-refractivity contribution in [2.24, 2.45) is 0 Å². The Bertz CT molecular complexity index is 949. The Morgan fingerprint density at radius 3 is 1.85 bits per heavy atom. The van der Waals surface area contributed by atoms with Crippen LogP contribution >= 0.6 is 0 Å². The zero-order valence-electron chi connectivity index (χ0n) is 15.3. The monoisotopic (exact) mass is 396 g/mol. The first-order valence-electron chi connectivity index (χ1n) is 8.23. The van der Waals surface area contributed by atoms with Gasteiger partial charge in [-0.05, 0) is 54.3 Å². The van der Waals surface area contributed by atoms with Gasteiger partial charge in [0, 0.05) is 19.8 Å². The minimum absolute atomic E-state index is 0.100. The van der Waals surface area contributed by atoms with Crippen molar-refractivity contribution in [2.75, 3.05) is 18.8 Å². The SMILES string of the molecule is CC[C@H](C)c1ccc(S(=O)(=O)Nc2ccc(S(=O)(=O)N(C)C)cc2)cc1. The summed E-state index contributed by atoms with van der Waals surface area (Å²) in [4.78, 5) is 0.262. The first-order valence-corrected chi connectivity index (χ1v) is 11.2. The standard InChI is InChI=1S/C18H24N2O4S2/c1-5-14(2)15-6-10-17(11-7-15)25(21,22)19-16-8-12-18(13-9-16)26(23,24)20(3)4/h6-14,19H,5H2,1-4H3/t14-/m0/s1. The summed E-state index contributed by atoms with van der Waals surface area (Å²) in [6.07, 6.45) is 0.979. The number of anilines is 1. The predicted molar refractivity (Wildman–Crippen MR) is 103 cm³/mol. The molecule has 142 valence electrons. The predicted octanol–water partition coefficient (Wildman–Crippen LogP) is 3.25. The van der Waals surface area contributed by atoms with Gasteiger partial charge in [-0.1, -0.05) is 26.0 Å². The molecule has 0 amide bonds. The zero-order chi connectivity index (χ0) is 19.5. The molecule has 0 radical (unpaired) electrons. The molecule has 0 saturated carbocycles. The fourth-order valence-corrected chi connectivity index (χ4v) is 4.29. The van der Waals surface area contributed by atoms with Gasteiger partial charge in [0.05, 0.1) is 9.79 Å². The average molecular weight is 397 g/mol. The Morgan fingerprint density at radius 1 is 0.885 bits per heavy atom. The van der Waals surface area contributed by atoms with Gasteiger partial charge < -0.3 is 0 Å². The Kier molecular flexibility index (Phi) is 6.10. The fourth-order valence-electron chi connectivity index (χ4n) is 2.33. The Morgan fingerprint density at radius 2 is 1.38 bits per heavy atom. The number of nitrogens with zero attached hydrogens (tertiary/aromatic N) is 1. The van der Waals surface area contributed by atoms with Crippen molar-refractivity contribution < 1.29 is 16.8 Å². The second-order valence-corrected chi connectivity index (χ2v) is 10.1. The summed E-state index contributed by atoms with van der Waals surface area (Å²) < 4.78 is 52.7. The molecule has 0 unspecified atom stereocenters. The van der Waals surface area contributed by atoms with Crippen molar-refractivity contribution in [3.05, 3.63) is 54.1 Å². The minimum atomic E-state index is -3.74. The Balaban J connectivity index is 2.22. The largest absolute Gasteiger partial charge is 0.280 e. The van der Waals surface area contributed by atoms with Crippen molar-refractivity contribution in [2.45, 2.75) is 36.0 Å². The van der Waals surface area contributed by atoms with E-state index in [0.717, 1.165) is 16.3 Å². The molecule has 2 aromatic rings. The molecule has 6 nitrogen and oxygen atoms in total. The number of hydrogen-bond acceptors (Lipinski definition) is 4. The van der Waals surface area contributed by atoms with E-state index in [2.05, 4.69) is 18.6 Å². The molecule has 0 heterocycles. The molecule has 26 heavy (non-hydrogen) atoms. The highest BCUT2D eigenvalue weighted by atomic mass is 32.2. The van der Waals surface area contributed by atoms with E-state index in [1.54, 1.807) is 12.1 Å². The Labute approximate surface area is 156 Å². The van der Waals surface area contributed by atoms with E-state index in [0.29, 0.717) is 11.6 Å². The lowest BCUT2D eigenvalue weighted by Gasteiger charge is -2.13. The number of benzene rings is 2. The lowest BCUT2D eigenvalue weighted by atomic mass is 9.99. The van der Waals surface area contributed by atoms with Crippen LogP contribution in [0.3, 0.4) is 0 Å². The minimum Gasteiger partial charge on any atom is -0.280 e. The van der Waals surface area contributed by atoms with Crippen molar-refractivity contribution in [1.82, 2.24) is 4.31 Å². The van der Waals surface area contributed by atoms with Crippen LogP contribution in [0, 0.1) is 0 Å². The smallest absolute Gasteiger partial charge is 0.261 e. The first-order chi connectivity index (χ1) is 12.1. The summed E-state index contributed by atoms with van der Waals surface area (Å²) in [6, 6.07) is 12.4. The van der Waals surface area contributed by atoms with Gasteiger partial charge in [-0.3, -0.25) is 4.72 Å². The van der Waals surface area contributed by atoms with Crippen LogP contribution in [0.25, 0.3) is 0 Å². The average Bonchev–Trinajstić information content (AvgIpc) is 2.61. The van der Waals surface area contributed by atoms with E-state index < -0.39 is 20.0 Å². The lowest BCUT2D eigenvalue weighted by Crippen LogP contribution is -2.22. The molecule has 1 atom stereocenters. The van der Waals surface area contributed by atoms with E-state index in [9.17, 15) is 16.8 Å². The van der Waals surface area contributed by atoms with Crippen LogP contribution in [0.5, 0.6) is 0 Å². The van der Waals surface area contributed by atoms with Gasteiger partial charge in [0.2, 0.25) is 10.0 Å². The molecule has 0 fully saturated rings. The molecule has 0 aliphatic heterocycles. The van der Waals surface area contributed by atoms with E-state index >= 15 is 0 Å². The molecule has 0 aliphatic carbocycles. The third-order valence-electron chi connectivity index (χ3n) is 4.26. The van der Waals surface area contributed by atoms with Crippen LogP contribution in [0.4, 0.5) is 5.69 Å². The highest BCUT2D eigenvalue weighted by Gasteiger charge is 2.18. The maximum atomic E-state index is 12.5. The van der Waals surface area contributed by atoms with Gasteiger partial charge in [-0.15, -0.1) is 0 Å². The van der Waals surface area contributed by atoms with Crippen molar-refractivity contribution in [3.63, 3.8) is 0 Å². The third-order valence-corrected chi connectivity index (χ3v) is 7.48. The molecule has 2 aromatic carbocycles. The van der Waals surface area contributed by atoms with Crippen LogP contribution in [-0.4, -0.2) is 35.2 Å². The second kappa shape index (κ2) is 7.77. The maximum Gasteiger partial charge on any atom is 0.261 e. The van der Waals surface area contributed by atoms with Crippen LogP contribution in [-0.2, 0) is 20.0 Å². The van der Waals surface area contributed by atoms with Crippen molar-refractivity contribution in [3.8, 4) is 0 Å². The lowest BCUT2D eigenvalue weighted by molar-refractivity contribution is 0.521. The molecule has 8 heteroatoms. The summed E-state index contributed by atoms with van der Waals surface area (Å²) in [5.74, 6) is 0.367. The van der Waals surface area contributed by atoms with E-state index in [-0.39, 0.29) is 9.79 Å². The van der Waals surface area contributed by atoms with E-state index in [4.69, 9.17) is 0 Å². The second-order valence-electron chi connectivity index (χ2n) is 6.30. The zero-order valence-corrected chi connectivity index (χ0v) is 16.9. The van der Waals surface area contributed by atoms with Gasteiger partial charge in [0.1, 0.15) is 0 Å². The van der Waals surface area contributed by atoms with Crippen LogP contribution < -0.4 is 4.72 Å². The molecule has 0 aliphatic rings. The number of sulfonamides is 2. The van der Waals surface area contributed by atoms with Crippen molar-refractivity contribution in [1.29, 1.82) is 0 Å². The van der Waals surface area contributed by atoms with Gasteiger partial charge in [-0.25, -0.2) is 21.1 Å². The van der Waals surface area contributed by atoms with E-state index in [1.807, 2.05) is 12.1 Å². The summed E-state index contributed by atoms with van der Waals surface area (Å²) in [5, 5.41) is 0. The molecule has 0 bridgehead atoms. The first kappa shape index (κ1) is 20.4. The summed E-state index contributed by atoms with van der Waals surface area (Å²) in [5.41, 5.74) is 1.39. The highest BCUT2D eigenvalue weighted by Crippen LogP contribution is 2.23. The summed E-state index contributed by atoms with van der Waals surface area (Å²) in [6.45, 7) is 4.17. The number of hydrogen-bond donors (Lipinski definition) is 1. The number of nitrogens with one attached hydrogen (secondary N) is 1. The molecule has 0 saturated heterocycles. The molecule has 1 N–H and O–H groups in total. The van der Waals surface area contributed by atoms with Gasteiger partial charge in [0.25, 0.3) is 10.0 Å². The van der Waals surface area contributed by atoms with Gasteiger partial charge in [-0.2, -0.15) is 0 Å². The molecular formula is C18H24N2O4S2. The number of rotatable bonds is 7. The van der Waals surface area contributed by atoms with Crippen LogP contribution in [0.15, 0.2) is 58.3 Å².